The zero-order valence-corrected chi connectivity index (χ0v) is 23.7. The van der Waals surface area contributed by atoms with Crippen LogP contribution in [0, 0.1) is 12.1 Å². The number of para-hydroxylation sites is 2. The van der Waals surface area contributed by atoms with Gasteiger partial charge in [-0.25, -0.2) is 4.98 Å². The molecule has 4 aromatic carbocycles. The fraction of sp³-hybridized carbons (Fsp3) is 0.0303. The number of aromatic nitrogens is 3. The molecule has 0 bridgehead atoms. The molecule has 0 aliphatic rings. The minimum absolute atomic E-state index is 0. The Morgan fingerprint density at radius 2 is 1.62 bits per heavy atom. The number of benzene rings is 4. The molecule has 3 heterocycles. The van der Waals surface area contributed by atoms with Crippen LogP contribution in [-0.4, -0.2) is 14.5 Å². The van der Waals surface area contributed by atoms with Crippen LogP contribution in [0.4, 0.5) is 17.2 Å². The number of hydrogen-bond donors (Lipinski definition) is 0. The van der Waals surface area contributed by atoms with E-state index in [4.69, 9.17) is 9.15 Å². The maximum atomic E-state index is 6.54. The van der Waals surface area contributed by atoms with Crippen molar-refractivity contribution in [3.63, 3.8) is 0 Å². The van der Waals surface area contributed by atoms with Crippen LogP contribution in [0.1, 0.15) is 0 Å². The van der Waals surface area contributed by atoms with Crippen molar-refractivity contribution in [3.05, 3.63) is 128 Å². The first-order valence-electron chi connectivity index (χ1n) is 12.6. The molecular weight excluding hydrogens is 679 g/mol. The number of rotatable bonds is 6. The Morgan fingerprint density at radius 3 is 2.42 bits per heavy atom. The average molecular weight is 702 g/mol. The number of imidazole rings is 1. The van der Waals surface area contributed by atoms with Gasteiger partial charge in [0.1, 0.15) is 11.4 Å². The Hall–Kier alpha value is -4.67. The van der Waals surface area contributed by atoms with Gasteiger partial charge in [0.25, 0.3) is 0 Å². The molecule has 7 aromatic rings. The van der Waals surface area contributed by atoms with Gasteiger partial charge in [-0.05, 0) is 41.1 Å². The van der Waals surface area contributed by atoms with Crippen LogP contribution in [0.15, 0.2) is 120 Å². The third-order valence-corrected chi connectivity index (χ3v) is 6.54. The molecular formula is C33H22N4O2Pt. The van der Waals surface area contributed by atoms with Crippen molar-refractivity contribution in [3.8, 4) is 22.9 Å². The predicted molar refractivity (Wildman–Crippen MR) is 153 cm³/mol. The van der Waals surface area contributed by atoms with Gasteiger partial charge in [-0.1, -0.05) is 54.2 Å². The number of ether oxygens (including phenoxy) is 1. The van der Waals surface area contributed by atoms with E-state index in [-0.39, 0.29) is 21.1 Å². The molecule has 196 valence electrons. The quantitative estimate of drug-likeness (QED) is 0.164. The first-order chi connectivity index (χ1) is 19.2. The minimum Gasteiger partial charge on any atom is -0.502 e. The van der Waals surface area contributed by atoms with Gasteiger partial charge in [-0.15, -0.1) is 35.9 Å². The fourth-order valence-corrected chi connectivity index (χ4v) is 4.77. The monoisotopic (exact) mass is 701 g/mol. The van der Waals surface area contributed by atoms with Crippen molar-refractivity contribution in [2.24, 2.45) is 7.05 Å². The van der Waals surface area contributed by atoms with E-state index >= 15 is 0 Å². The van der Waals surface area contributed by atoms with Crippen molar-refractivity contribution in [1.29, 1.82) is 0 Å². The number of fused-ring (bicyclic) bond motifs is 3. The van der Waals surface area contributed by atoms with Crippen LogP contribution in [0.5, 0.6) is 11.5 Å². The third-order valence-electron chi connectivity index (χ3n) is 6.54. The summed E-state index contributed by atoms with van der Waals surface area (Å²) in [5.41, 5.74) is 3.98. The van der Waals surface area contributed by atoms with Crippen LogP contribution < -0.4 is 9.64 Å². The van der Waals surface area contributed by atoms with Gasteiger partial charge in [0, 0.05) is 48.4 Å². The summed E-state index contributed by atoms with van der Waals surface area (Å²) in [5.74, 6) is 2.66. The Bertz CT molecular complexity index is 1880. The molecule has 7 heteroatoms. The van der Waals surface area contributed by atoms with E-state index in [0.717, 1.165) is 44.9 Å². The van der Waals surface area contributed by atoms with Crippen LogP contribution >= 0.6 is 0 Å². The van der Waals surface area contributed by atoms with Crippen molar-refractivity contribution in [2.75, 3.05) is 4.90 Å². The summed E-state index contributed by atoms with van der Waals surface area (Å²) in [6, 6.07) is 38.5. The molecule has 0 N–H and O–H groups in total. The predicted octanol–water partition coefficient (Wildman–Crippen LogP) is 8.24. The Morgan fingerprint density at radius 1 is 0.800 bits per heavy atom. The van der Waals surface area contributed by atoms with Gasteiger partial charge in [0.05, 0.1) is 5.82 Å². The summed E-state index contributed by atoms with van der Waals surface area (Å²) < 4.78 is 14.8. The molecule has 0 saturated heterocycles. The van der Waals surface area contributed by atoms with E-state index < -0.39 is 0 Å². The van der Waals surface area contributed by atoms with Gasteiger partial charge < -0.3 is 18.6 Å². The van der Waals surface area contributed by atoms with Gasteiger partial charge in [0.15, 0.2) is 0 Å². The van der Waals surface area contributed by atoms with Gasteiger partial charge in [-0.2, -0.15) is 0 Å². The standard InChI is InChI=1S/C33H22N4O2.Pt/c1-36-19-18-35-33(36)23-10-9-13-26(20-23)38-29-21-25(22-30-32(29)27-14-5-6-15-28(27)39-30)37(24-11-3-2-4-12-24)31-16-7-8-17-34-31;/h2-19,22H,1H3;/q-2;+2. The van der Waals surface area contributed by atoms with E-state index in [1.165, 1.54) is 0 Å². The number of nitrogens with zero attached hydrogens (tertiary/aromatic N) is 4. The number of aryl methyl sites for hydroxylation is 1. The second kappa shape index (κ2) is 10.8. The summed E-state index contributed by atoms with van der Waals surface area (Å²) in [6.07, 6.45) is 5.45. The van der Waals surface area contributed by atoms with E-state index in [1.807, 2.05) is 120 Å². The Labute approximate surface area is 245 Å². The van der Waals surface area contributed by atoms with Gasteiger partial charge in [0.2, 0.25) is 0 Å². The molecule has 0 saturated carbocycles. The Balaban J connectivity index is 0.00000289. The Kier molecular flexibility index (Phi) is 6.93. The normalized spacial score (nSPS) is 10.9. The molecule has 0 spiro atoms. The van der Waals surface area contributed by atoms with E-state index in [1.54, 1.807) is 12.4 Å². The number of furan rings is 1. The smallest absolute Gasteiger partial charge is 0.502 e. The first-order valence-corrected chi connectivity index (χ1v) is 12.6. The molecule has 0 unspecified atom stereocenters. The first kappa shape index (κ1) is 25.6. The molecule has 6 nitrogen and oxygen atoms in total. The van der Waals surface area contributed by atoms with Crippen molar-refractivity contribution >= 4 is 39.1 Å². The zero-order valence-electron chi connectivity index (χ0n) is 21.4. The average Bonchev–Trinajstić information content (AvgIpc) is 3.58. The summed E-state index contributed by atoms with van der Waals surface area (Å²) in [4.78, 5) is 11.1. The molecule has 0 aliphatic carbocycles. The molecule has 0 radical (unpaired) electrons. The number of hydrogen-bond acceptors (Lipinski definition) is 5. The van der Waals surface area contributed by atoms with Crippen molar-refractivity contribution in [2.45, 2.75) is 0 Å². The van der Waals surface area contributed by atoms with Crippen molar-refractivity contribution in [1.82, 2.24) is 14.5 Å². The molecule has 7 rings (SSSR count). The summed E-state index contributed by atoms with van der Waals surface area (Å²) in [6.45, 7) is 0. The summed E-state index contributed by atoms with van der Waals surface area (Å²) >= 11 is 0. The third kappa shape index (κ3) is 4.67. The minimum atomic E-state index is 0. The summed E-state index contributed by atoms with van der Waals surface area (Å²) in [5, 5.41) is 1.80. The molecule has 0 fully saturated rings. The fourth-order valence-electron chi connectivity index (χ4n) is 4.77. The number of anilines is 3. The molecule has 3 aromatic heterocycles. The zero-order chi connectivity index (χ0) is 26.2. The topological polar surface area (TPSA) is 56.3 Å². The second-order valence-electron chi connectivity index (χ2n) is 9.07. The maximum Gasteiger partial charge on any atom is 2.00 e. The van der Waals surface area contributed by atoms with Crippen LogP contribution in [0.2, 0.25) is 0 Å². The molecule has 0 atom stereocenters. The largest absolute Gasteiger partial charge is 2.00 e. The number of pyridine rings is 1. The van der Waals surface area contributed by atoms with Crippen LogP contribution in [0.25, 0.3) is 33.3 Å². The summed E-state index contributed by atoms with van der Waals surface area (Å²) in [7, 11) is 1.96. The van der Waals surface area contributed by atoms with Gasteiger partial charge in [-0.3, -0.25) is 4.98 Å². The van der Waals surface area contributed by atoms with E-state index in [2.05, 4.69) is 22.1 Å². The molecule has 40 heavy (non-hydrogen) atoms. The van der Waals surface area contributed by atoms with Crippen LogP contribution in [-0.2, 0) is 28.1 Å². The SMILES string of the molecule is Cn1ccnc1-c1[c-]c(Oc2[c-]c(N(c3ccccc3)c3ccccn3)cc3oc4ccccc4c23)ccc1.[Pt+2]. The van der Waals surface area contributed by atoms with E-state index in [0.29, 0.717) is 17.1 Å². The molecule has 0 aliphatic heterocycles. The van der Waals surface area contributed by atoms with E-state index in [9.17, 15) is 0 Å². The maximum absolute atomic E-state index is 6.54. The molecule has 0 amide bonds. The second-order valence-corrected chi connectivity index (χ2v) is 9.07. The van der Waals surface area contributed by atoms with Gasteiger partial charge >= 0.3 is 21.1 Å². The van der Waals surface area contributed by atoms with Crippen LogP contribution in [0.3, 0.4) is 0 Å². The van der Waals surface area contributed by atoms with Crippen molar-refractivity contribution < 1.29 is 30.2 Å².